The highest BCUT2D eigenvalue weighted by Gasteiger charge is 2.15. The van der Waals surface area contributed by atoms with Gasteiger partial charge in [-0.2, -0.15) is 0 Å². The van der Waals surface area contributed by atoms with Gasteiger partial charge in [0.15, 0.2) is 0 Å². The molecule has 1 aliphatic heterocycles. The largest absolute Gasteiger partial charge is 0.339 e. The molecule has 0 amide bonds. The lowest BCUT2D eigenvalue weighted by Gasteiger charge is -2.23. The number of fused-ring (bicyclic) bond motifs is 1. The molecule has 0 saturated heterocycles. The molecule has 2 aromatic rings. The number of aromatic nitrogens is 2. The molecular formula is C13H13BClN3O. The highest BCUT2D eigenvalue weighted by atomic mass is 35.5. The summed E-state index contributed by atoms with van der Waals surface area (Å²) in [5.74, 6) is 0. The first-order chi connectivity index (χ1) is 9.28. The molecule has 6 heteroatoms. The minimum Gasteiger partial charge on any atom is -0.339 e. The molecule has 2 aromatic heterocycles. The van der Waals surface area contributed by atoms with Crippen LogP contribution < -0.4 is 0 Å². The molecule has 1 aliphatic rings. The molecule has 1 N–H and O–H groups in total. The Morgan fingerprint density at radius 1 is 1.53 bits per heavy atom. The van der Waals surface area contributed by atoms with E-state index in [1.165, 1.54) is 5.57 Å². The van der Waals surface area contributed by atoms with E-state index in [4.69, 9.17) is 11.6 Å². The standard InChI is InChI=1S/C13H13BClN3O/c15-11-1-4-16-13-10(11)7-12(17-13)9-2-5-18(6-3-9)14-8-19/h1-2,4,7-8,14H,3,5-6H2,(H,16,17). The van der Waals surface area contributed by atoms with Crippen molar-refractivity contribution < 1.29 is 4.79 Å². The Hall–Kier alpha value is -1.59. The fourth-order valence-corrected chi connectivity index (χ4v) is 2.60. The summed E-state index contributed by atoms with van der Waals surface area (Å²) in [5, 5.41) is 1.67. The molecule has 19 heavy (non-hydrogen) atoms. The van der Waals surface area contributed by atoms with Crippen molar-refractivity contribution in [3.8, 4) is 0 Å². The first-order valence-electron chi connectivity index (χ1n) is 6.26. The molecule has 0 aromatic carbocycles. The molecule has 0 radical (unpaired) electrons. The molecule has 0 saturated carbocycles. The highest BCUT2D eigenvalue weighted by molar-refractivity contribution is 6.64. The molecule has 96 valence electrons. The Labute approximate surface area is 116 Å². The van der Waals surface area contributed by atoms with Crippen molar-refractivity contribution in [1.29, 1.82) is 0 Å². The van der Waals surface area contributed by atoms with Gasteiger partial charge in [0.05, 0.1) is 11.2 Å². The zero-order chi connectivity index (χ0) is 13.2. The predicted octanol–water partition coefficient (Wildman–Crippen LogP) is 1.85. The van der Waals surface area contributed by atoms with E-state index < -0.39 is 0 Å². The lowest BCUT2D eigenvalue weighted by Crippen LogP contribution is -2.32. The van der Waals surface area contributed by atoms with Gasteiger partial charge in [-0.15, -0.1) is 0 Å². The molecule has 0 unspecified atom stereocenters. The van der Waals surface area contributed by atoms with Crippen molar-refractivity contribution in [2.75, 3.05) is 13.1 Å². The molecule has 3 heterocycles. The number of carbonyl (C=O) groups excluding carboxylic acids is 1. The predicted molar refractivity (Wildman–Crippen MR) is 79.2 cm³/mol. The van der Waals surface area contributed by atoms with Crippen LogP contribution in [0.25, 0.3) is 16.6 Å². The van der Waals surface area contributed by atoms with Gasteiger partial charge in [-0.05, 0) is 30.7 Å². The lowest BCUT2D eigenvalue weighted by atomic mass is 9.91. The quantitative estimate of drug-likeness (QED) is 0.686. The van der Waals surface area contributed by atoms with E-state index in [9.17, 15) is 4.79 Å². The van der Waals surface area contributed by atoms with Crippen molar-refractivity contribution in [1.82, 2.24) is 14.8 Å². The van der Waals surface area contributed by atoms with Gasteiger partial charge in [-0.1, -0.05) is 17.7 Å². The minimum absolute atomic E-state index is 0.504. The van der Waals surface area contributed by atoms with Crippen LogP contribution in [0.5, 0.6) is 0 Å². The maximum atomic E-state index is 10.5. The van der Waals surface area contributed by atoms with Crippen LogP contribution in [-0.2, 0) is 4.79 Å². The summed E-state index contributed by atoms with van der Waals surface area (Å²) in [5.41, 5.74) is 3.15. The van der Waals surface area contributed by atoms with E-state index in [-0.39, 0.29) is 0 Å². The van der Waals surface area contributed by atoms with Crippen LogP contribution in [0.1, 0.15) is 12.1 Å². The van der Waals surface area contributed by atoms with Crippen molar-refractivity contribution >= 4 is 41.8 Å². The number of carbonyl (C=O) groups is 1. The fourth-order valence-electron chi connectivity index (χ4n) is 2.39. The monoisotopic (exact) mass is 273 g/mol. The Morgan fingerprint density at radius 3 is 3.11 bits per heavy atom. The zero-order valence-corrected chi connectivity index (χ0v) is 11.2. The Kier molecular flexibility index (Phi) is 3.40. The van der Waals surface area contributed by atoms with Gasteiger partial charge in [0.25, 0.3) is 7.41 Å². The van der Waals surface area contributed by atoms with Gasteiger partial charge in [0, 0.05) is 23.8 Å². The molecular weight excluding hydrogens is 260 g/mol. The summed E-state index contributed by atoms with van der Waals surface area (Å²) in [4.78, 5) is 20.2. The molecule has 0 spiro atoms. The SMILES string of the molecule is O=CBN1CC=C(c2cc3c(Cl)ccnc3[nH]2)CC1. The second kappa shape index (κ2) is 5.19. The third-order valence-electron chi connectivity index (χ3n) is 3.45. The number of aromatic amines is 1. The second-order valence-electron chi connectivity index (χ2n) is 4.64. The summed E-state index contributed by atoms with van der Waals surface area (Å²) in [6.07, 6.45) is 5.74. The average molecular weight is 274 g/mol. The van der Waals surface area contributed by atoms with Crippen LogP contribution >= 0.6 is 11.6 Å². The van der Waals surface area contributed by atoms with Gasteiger partial charge in [0.2, 0.25) is 0 Å². The number of H-pyrrole nitrogens is 1. The number of nitrogens with one attached hydrogen (secondary N) is 1. The summed E-state index contributed by atoms with van der Waals surface area (Å²) >= 11 is 6.15. The van der Waals surface area contributed by atoms with E-state index in [0.29, 0.717) is 12.4 Å². The van der Waals surface area contributed by atoms with E-state index in [0.717, 1.165) is 42.4 Å². The topological polar surface area (TPSA) is 49.0 Å². The molecule has 0 bridgehead atoms. The van der Waals surface area contributed by atoms with E-state index >= 15 is 0 Å². The average Bonchev–Trinajstić information content (AvgIpc) is 2.85. The summed E-state index contributed by atoms with van der Waals surface area (Å²) < 4.78 is 0. The summed E-state index contributed by atoms with van der Waals surface area (Å²) in [6.45, 7) is 1.71. The van der Waals surface area contributed by atoms with Gasteiger partial charge in [-0.3, -0.25) is 0 Å². The highest BCUT2D eigenvalue weighted by Crippen LogP contribution is 2.28. The van der Waals surface area contributed by atoms with Crippen molar-refractivity contribution in [2.24, 2.45) is 0 Å². The first kappa shape index (κ1) is 12.4. The van der Waals surface area contributed by atoms with Crippen LogP contribution in [0.2, 0.25) is 5.02 Å². The minimum atomic E-state index is 0.504. The number of pyridine rings is 1. The van der Waals surface area contributed by atoms with Gasteiger partial charge in [-0.25, -0.2) is 4.98 Å². The lowest BCUT2D eigenvalue weighted by molar-refractivity contribution is 0.487. The van der Waals surface area contributed by atoms with Crippen LogP contribution in [0.15, 0.2) is 24.4 Å². The van der Waals surface area contributed by atoms with E-state index in [2.05, 4.69) is 20.9 Å². The zero-order valence-electron chi connectivity index (χ0n) is 10.4. The van der Waals surface area contributed by atoms with Crippen molar-refractivity contribution in [3.63, 3.8) is 0 Å². The van der Waals surface area contributed by atoms with Gasteiger partial charge in [0.1, 0.15) is 5.65 Å². The molecule has 0 fully saturated rings. The molecule has 4 nitrogen and oxygen atoms in total. The Bertz CT molecular complexity index is 652. The van der Waals surface area contributed by atoms with E-state index in [1.807, 2.05) is 6.07 Å². The number of hydrogen-bond donors (Lipinski definition) is 1. The van der Waals surface area contributed by atoms with Crippen LogP contribution in [0.3, 0.4) is 0 Å². The van der Waals surface area contributed by atoms with Crippen LogP contribution in [-0.4, -0.2) is 41.5 Å². The summed E-state index contributed by atoms with van der Waals surface area (Å²) in [7, 11) is 0.504. The molecule has 0 aliphatic carbocycles. The number of rotatable bonds is 3. The maximum Gasteiger partial charge on any atom is 0.281 e. The van der Waals surface area contributed by atoms with Crippen molar-refractivity contribution in [3.05, 3.63) is 35.1 Å². The van der Waals surface area contributed by atoms with E-state index in [1.54, 1.807) is 12.3 Å². The molecule has 0 atom stereocenters. The van der Waals surface area contributed by atoms with Crippen LogP contribution in [0.4, 0.5) is 0 Å². The van der Waals surface area contributed by atoms with Gasteiger partial charge < -0.3 is 14.6 Å². The summed E-state index contributed by atoms with van der Waals surface area (Å²) in [6, 6.07) is 3.84. The first-order valence-corrected chi connectivity index (χ1v) is 6.64. The Balaban J connectivity index is 1.89. The molecule has 3 rings (SSSR count). The Morgan fingerprint density at radius 2 is 2.42 bits per heavy atom. The third kappa shape index (κ3) is 2.44. The van der Waals surface area contributed by atoms with Gasteiger partial charge >= 0.3 is 0 Å². The third-order valence-corrected chi connectivity index (χ3v) is 3.78. The number of hydrogen-bond acceptors (Lipinski definition) is 3. The smallest absolute Gasteiger partial charge is 0.281 e. The van der Waals surface area contributed by atoms with Crippen molar-refractivity contribution in [2.45, 2.75) is 6.42 Å². The second-order valence-corrected chi connectivity index (χ2v) is 5.05. The fraction of sp³-hybridized carbons (Fsp3) is 0.231. The van der Waals surface area contributed by atoms with Crippen LogP contribution in [0, 0.1) is 0 Å². The maximum absolute atomic E-state index is 10.5. The number of halogens is 1. The normalized spacial score (nSPS) is 16.4. The number of nitrogens with zero attached hydrogens (tertiary/aromatic N) is 2.